The maximum atomic E-state index is 15.2. The average molecular weight is 910 g/mol. The highest BCUT2D eigenvalue weighted by molar-refractivity contribution is 6.13. The Hall–Kier alpha value is -7.57. The number of alkyl halides is 6. The van der Waals surface area contributed by atoms with E-state index in [1.807, 2.05) is 130 Å². The number of nitriles is 1. The van der Waals surface area contributed by atoms with Gasteiger partial charge in [-0.05, 0) is 123 Å². The van der Waals surface area contributed by atoms with Crippen molar-refractivity contribution >= 4 is 43.6 Å². The van der Waals surface area contributed by atoms with E-state index in [1.165, 1.54) is 12.1 Å². The minimum atomic E-state index is -5.17. The fourth-order valence-electron chi connectivity index (χ4n) is 9.68. The molecule has 0 atom stereocenters. The Labute approximate surface area is 390 Å². The van der Waals surface area contributed by atoms with Gasteiger partial charge in [-0.15, -0.1) is 0 Å². The number of nitrogens with zero attached hydrogens (tertiary/aromatic N) is 3. The molecule has 0 fully saturated rings. The van der Waals surface area contributed by atoms with Crippen molar-refractivity contribution in [1.29, 1.82) is 5.26 Å². The van der Waals surface area contributed by atoms with Gasteiger partial charge in [0, 0.05) is 27.1 Å². The topological polar surface area (TPSA) is 33.6 Å². The molecular formula is C59H45F6N3. The number of halogens is 6. The number of hydrogen-bond donors (Lipinski definition) is 0. The Bertz CT molecular complexity index is 3460. The van der Waals surface area contributed by atoms with Crippen LogP contribution >= 0.6 is 0 Å². The van der Waals surface area contributed by atoms with E-state index < -0.39 is 29.0 Å². The summed E-state index contributed by atoms with van der Waals surface area (Å²) in [7, 11) is 0. The number of fused-ring (bicyclic) bond motifs is 6. The third-order valence-electron chi connectivity index (χ3n) is 13.1. The van der Waals surface area contributed by atoms with Gasteiger partial charge >= 0.3 is 12.4 Å². The van der Waals surface area contributed by atoms with Crippen molar-refractivity contribution in [3.8, 4) is 50.8 Å². The standard InChI is InChI=1S/C59H45F6N3/c1-56(2,3)40-22-26-51-44(32-40)45-33-41(57(4,5)6)23-27-52(45)68(51)54-31-39(55-47(58(60,61)62)18-13-19-48(55)59(63,64)65)30-53(46(54)34-66)67-49-24-20-37(35-14-9-7-10-15-35)28-42(49)43-29-38(21-25-50(43)67)36-16-11-8-12-17-36/h7-33H,1-6H3. The third kappa shape index (κ3) is 7.49. The number of rotatable bonds is 5. The molecule has 3 nitrogen and oxygen atoms in total. The van der Waals surface area contributed by atoms with Crippen LogP contribution in [0.4, 0.5) is 26.3 Å². The van der Waals surface area contributed by atoms with Gasteiger partial charge in [-0.3, -0.25) is 0 Å². The van der Waals surface area contributed by atoms with Crippen LogP contribution in [0.5, 0.6) is 0 Å². The lowest BCUT2D eigenvalue weighted by Gasteiger charge is -2.23. The van der Waals surface area contributed by atoms with E-state index in [4.69, 9.17) is 0 Å². The van der Waals surface area contributed by atoms with Crippen LogP contribution in [-0.4, -0.2) is 9.13 Å². The molecule has 0 aliphatic rings. The quantitative estimate of drug-likeness (QED) is 0.158. The van der Waals surface area contributed by atoms with Crippen LogP contribution in [0.15, 0.2) is 164 Å². The SMILES string of the molecule is CC(C)(C)c1ccc2c(c1)c1cc(C(C)(C)C)ccc1n2-c1cc(-c2c(C(F)(F)F)cccc2C(F)(F)F)cc(-n2c3ccc(-c4ccccc4)cc3c3cc(-c4ccccc4)ccc32)c1C#N. The molecule has 0 bridgehead atoms. The van der Waals surface area contributed by atoms with E-state index in [9.17, 15) is 5.26 Å². The molecule has 8 aromatic carbocycles. The van der Waals surface area contributed by atoms with E-state index in [-0.39, 0.29) is 33.3 Å². The summed E-state index contributed by atoms with van der Waals surface area (Å²) in [5, 5.41) is 14.8. The highest BCUT2D eigenvalue weighted by Crippen LogP contribution is 2.48. The van der Waals surface area contributed by atoms with Crippen LogP contribution in [0.2, 0.25) is 0 Å². The zero-order valence-corrected chi connectivity index (χ0v) is 38.2. The molecule has 0 saturated carbocycles. The second-order valence-corrected chi connectivity index (χ2v) is 19.6. The van der Waals surface area contributed by atoms with Gasteiger partial charge in [-0.2, -0.15) is 31.6 Å². The van der Waals surface area contributed by atoms with Crippen LogP contribution in [0.25, 0.3) is 88.4 Å². The maximum Gasteiger partial charge on any atom is 0.417 e. The second-order valence-electron chi connectivity index (χ2n) is 19.6. The Morgan fingerprint density at radius 3 is 1.10 bits per heavy atom. The van der Waals surface area contributed by atoms with Crippen molar-refractivity contribution < 1.29 is 26.3 Å². The van der Waals surface area contributed by atoms with Gasteiger partial charge in [0.05, 0.1) is 44.6 Å². The van der Waals surface area contributed by atoms with Crippen molar-refractivity contribution in [3.63, 3.8) is 0 Å². The van der Waals surface area contributed by atoms with Crippen molar-refractivity contribution in [2.45, 2.75) is 64.7 Å². The normalized spacial score (nSPS) is 12.7. The van der Waals surface area contributed by atoms with Crippen molar-refractivity contribution in [2.24, 2.45) is 0 Å². The van der Waals surface area contributed by atoms with Crippen molar-refractivity contribution in [2.75, 3.05) is 0 Å². The van der Waals surface area contributed by atoms with Gasteiger partial charge in [-0.1, -0.05) is 133 Å². The summed E-state index contributed by atoms with van der Waals surface area (Å²) in [5.41, 5.74) is 3.81. The van der Waals surface area contributed by atoms with Crippen LogP contribution in [0.1, 0.15) is 69.4 Å². The van der Waals surface area contributed by atoms with Crippen LogP contribution in [-0.2, 0) is 23.2 Å². The predicted molar refractivity (Wildman–Crippen MR) is 264 cm³/mol. The van der Waals surface area contributed by atoms with Gasteiger partial charge < -0.3 is 9.13 Å². The molecule has 2 aromatic heterocycles. The van der Waals surface area contributed by atoms with Gasteiger partial charge in [-0.25, -0.2) is 0 Å². The van der Waals surface area contributed by atoms with E-state index >= 15 is 26.3 Å². The molecule has 68 heavy (non-hydrogen) atoms. The molecule has 0 spiro atoms. The largest absolute Gasteiger partial charge is 0.417 e. The zero-order chi connectivity index (χ0) is 48.1. The lowest BCUT2D eigenvalue weighted by atomic mass is 9.85. The highest BCUT2D eigenvalue weighted by atomic mass is 19.4. The fourth-order valence-corrected chi connectivity index (χ4v) is 9.68. The van der Waals surface area contributed by atoms with Crippen LogP contribution in [0, 0.1) is 11.3 Å². The highest BCUT2D eigenvalue weighted by Gasteiger charge is 2.41. The lowest BCUT2D eigenvalue weighted by Crippen LogP contribution is -2.15. The average Bonchev–Trinajstić information content (AvgIpc) is 3.81. The van der Waals surface area contributed by atoms with E-state index in [0.717, 1.165) is 61.0 Å². The molecule has 2 heterocycles. The van der Waals surface area contributed by atoms with Gasteiger partial charge in [0.25, 0.3) is 0 Å². The molecule has 0 unspecified atom stereocenters. The van der Waals surface area contributed by atoms with Crippen molar-refractivity contribution in [3.05, 3.63) is 192 Å². The summed E-state index contributed by atoms with van der Waals surface area (Å²) in [4.78, 5) is 0. The van der Waals surface area contributed by atoms with E-state index in [0.29, 0.717) is 34.2 Å². The summed E-state index contributed by atoms with van der Waals surface area (Å²) < 4.78 is 95.0. The molecule has 9 heteroatoms. The first-order valence-corrected chi connectivity index (χ1v) is 22.4. The number of benzene rings is 8. The predicted octanol–water partition coefficient (Wildman–Crippen LogP) is 17.4. The first-order valence-electron chi connectivity index (χ1n) is 22.4. The molecule has 10 rings (SSSR count). The van der Waals surface area contributed by atoms with Gasteiger partial charge in [0.1, 0.15) is 11.6 Å². The molecule has 0 saturated heterocycles. The Morgan fingerprint density at radius 1 is 0.382 bits per heavy atom. The van der Waals surface area contributed by atoms with Gasteiger partial charge in [0.15, 0.2) is 0 Å². The van der Waals surface area contributed by atoms with Crippen molar-refractivity contribution in [1.82, 2.24) is 9.13 Å². The maximum absolute atomic E-state index is 15.2. The Balaban J connectivity index is 1.39. The summed E-state index contributed by atoms with van der Waals surface area (Å²) in [6, 6.07) is 50.6. The first-order chi connectivity index (χ1) is 32.2. The second kappa shape index (κ2) is 15.8. The number of hydrogen-bond acceptors (Lipinski definition) is 1. The smallest absolute Gasteiger partial charge is 0.308 e. The lowest BCUT2D eigenvalue weighted by molar-refractivity contribution is -0.142. The molecule has 0 aliphatic heterocycles. The monoisotopic (exact) mass is 909 g/mol. The van der Waals surface area contributed by atoms with E-state index in [1.54, 1.807) is 0 Å². The Morgan fingerprint density at radius 2 is 0.750 bits per heavy atom. The van der Waals surface area contributed by atoms with Crippen LogP contribution < -0.4 is 0 Å². The molecule has 338 valence electrons. The summed E-state index contributed by atoms with van der Waals surface area (Å²) in [6.07, 6.45) is -10.3. The molecular weight excluding hydrogens is 865 g/mol. The molecule has 0 amide bonds. The summed E-state index contributed by atoms with van der Waals surface area (Å²) >= 11 is 0. The number of aromatic nitrogens is 2. The molecule has 0 N–H and O–H groups in total. The zero-order valence-electron chi connectivity index (χ0n) is 38.2. The minimum absolute atomic E-state index is 0.0588. The molecule has 10 aromatic rings. The summed E-state index contributed by atoms with van der Waals surface area (Å²) in [5.74, 6) is 0. The molecule has 0 radical (unpaired) electrons. The Kier molecular flexibility index (Phi) is 10.3. The molecule has 0 aliphatic carbocycles. The van der Waals surface area contributed by atoms with Gasteiger partial charge in [0.2, 0.25) is 0 Å². The van der Waals surface area contributed by atoms with E-state index in [2.05, 4.69) is 59.7 Å². The minimum Gasteiger partial charge on any atom is -0.308 e. The third-order valence-corrected chi connectivity index (χ3v) is 13.1. The summed E-state index contributed by atoms with van der Waals surface area (Å²) in [6.45, 7) is 12.6. The first kappa shape index (κ1) is 44.3. The van der Waals surface area contributed by atoms with Crippen LogP contribution in [0.3, 0.4) is 0 Å². The fraction of sp³-hybridized carbons (Fsp3) is 0.169.